The minimum absolute atomic E-state index is 0.322. The van der Waals surface area contributed by atoms with Gasteiger partial charge >= 0.3 is 11.9 Å². The van der Waals surface area contributed by atoms with Gasteiger partial charge in [0, 0.05) is 0 Å². The maximum atomic E-state index is 9.76. The van der Waals surface area contributed by atoms with Crippen molar-refractivity contribution in [1.29, 1.82) is 0 Å². The third-order valence-electron chi connectivity index (χ3n) is 1.50. The molecule has 15 heavy (non-hydrogen) atoms. The summed E-state index contributed by atoms with van der Waals surface area (Å²) < 4.78 is 0. The number of rotatable bonds is 2. The number of benzene rings is 1. The molecule has 1 rings (SSSR count). The van der Waals surface area contributed by atoms with Crippen LogP contribution in [-0.4, -0.2) is 27.3 Å². The molecule has 0 amide bonds. The lowest BCUT2D eigenvalue weighted by Gasteiger charge is -1.94. The van der Waals surface area contributed by atoms with Crippen LogP contribution in [0.4, 0.5) is 0 Å². The molecule has 0 fully saturated rings. The van der Waals surface area contributed by atoms with E-state index in [9.17, 15) is 9.59 Å². The number of carboxylic acids is 2. The van der Waals surface area contributed by atoms with E-state index in [1.165, 1.54) is 0 Å². The van der Waals surface area contributed by atoms with Crippen molar-refractivity contribution in [2.45, 2.75) is 6.92 Å². The van der Waals surface area contributed by atoms with Crippen molar-refractivity contribution >= 4 is 11.9 Å². The summed E-state index contributed by atoms with van der Waals surface area (Å²) in [6.07, 6.45) is 0. The molecule has 5 nitrogen and oxygen atoms in total. The van der Waals surface area contributed by atoms with Crippen LogP contribution in [0.1, 0.15) is 6.92 Å². The first-order chi connectivity index (χ1) is 6.95. The van der Waals surface area contributed by atoms with E-state index < -0.39 is 17.9 Å². The Morgan fingerprint density at radius 2 is 1.47 bits per heavy atom. The molecule has 0 aliphatic rings. The van der Waals surface area contributed by atoms with Crippen LogP contribution in [0.5, 0.6) is 5.75 Å². The zero-order valence-electron chi connectivity index (χ0n) is 8.12. The van der Waals surface area contributed by atoms with Crippen molar-refractivity contribution in [2.75, 3.05) is 0 Å². The molecule has 0 unspecified atom stereocenters. The minimum Gasteiger partial charge on any atom is -0.508 e. The smallest absolute Gasteiger partial charge is 0.317 e. The first kappa shape index (κ1) is 13.0. The Hall–Kier alpha value is -2.04. The number of hydrogen-bond acceptors (Lipinski definition) is 3. The fraction of sp³-hybridized carbons (Fsp3) is 0.200. The van der Waals surface area contributed by atoms with E-state index in [0.717, 1.165) is 6.92 Å². The molecular formula is C10H12O5. The van der Waals surface area contributed by atoms with Crippen LogP contribution in [-0.2, 0) is 9.59 Å². The predicted octanol–water partition coefficient (Wildman–Crippen LogP) is 1.18. The van der Waals surface area contributed by atoms with Gasteiger partial charge in [-0.25, -0.2) is 0 Å². The molecule has 0 aliphatic heterocycles. The van der Waals surface area contributed by atoms with E-state index in [2.05, 4.69) is 0 Å². The molecule has 0 bridgehead atoms. The number of aromatic hydroxyl groups is 1. The molecular weight excluding hydrogens is 200 g/mol. The number of hydrogen-bond donors (Lipinski definition) is 3. The fourth-order valence-electron chi connectivity index (χ4n) is 0.534. The van der Waals surface area contributed by atoms with Gasteiger partial charge in [-0.15, -0.1) is 0 Å². The Morgan fingerprint density at radius 3 is 1.60 bits per heavy atom. The van der Waals surface area contributed by atoms with Crippen molar-refractivity contribution in [2.24, 2.45) is 5.92 Å². The molecule has 0 heterocycles. The number of carboxylic acid groups (broad SMARTS) is 2. The predicted molar refractivity (Wildman–Crippen MR) is 52.5 cm³/mol. The summed E-state index contributed by atoms with van der Waals surface area (Å²) in [5.74, 6) is -3.59. The van der Waals surface area contributed by atoms with Gasteiger partial charge in [0.25, 0.3) is 0 Å². The number of phenols is 1. The first-order valence-corrected chi connectivity index (χ1v) is 4.14. The Morgan fingerprint density at radius 1 is 1.07 bits per heavy atom. The van der Waals surface area contributed by atoms with Gasteiger partial charge in [0.2, 0.25) is 0 Å². The van der Waals surface area contributed by atoms with E-state index in [1.54, 1.807) is 24.3 Å². The lowest BCUT2D eigenvalue weighted by atomic mass is 10.2. The van der Waals surface area contributed by atoms with E-state index in [-0.39, 0.29) is 0 Å². The van der Waals surface area contributed by atoms with Crippen LogP contribution in [0.25, 0.3) is 0 Å². The summed E-state index contributed by atoms with van der Waals surface area (Å²) in [6, 6.07) is 8.71. The van der Waals surface area contributed by atoms with Crippen LogP contribution in [0.3, 0.4) is 0 Å². The van der Waals surface area contributed by atoms with Gasteiger partial charge in [-0.1, -0.05) is 18.2 Å². The highest BCUT2D eigenvalue weighted by atomic mass is 16.4. The summed E-state index contributed by atoms with van der Waals surface area (Å²) in [7, 11) is 0. The van der Waals surface area contributed by atoms with Gasteiger partial charge < -0.3 is 15.3 Å². The summed E-state index contributed by atoms with van der Waals surface area (Å²) in [6.45, 7) is 1.12. The van der Waals surface area contributed by atoms with Crippen LogP contribution >= 0.6 is 0 Å². The molecule has 1 aromatic rings. The molecule has 5 heteroatoms. The van der Waals surface area contributed by atoms with E-state index in [0.29, 0.717) is 5.75 Å². The van der Waals surface area contributed by atoms with Crippen molar-refractivity contribution in [3.8, 4) is 5.75 Å². The highest BCUT2D eigenvalue weighted by Crippen LogP contribution is 2.02. The van der Waals surface area contributed by atoms with E-state index >= 15 is 0 Å². The summed E-state index contributed by atoms with van der Waals surface area (Å²) >= 11 is 0. The standard InChI is InChI=1S/C6H6O.C4H6O4/c7-6-4-2-1-3-5-6;1-2(3(5)6)4(7)8/h1-5,7H;2H,1H3,(H,5,6)(H,7,8). The van der Waals surface area contributed by atoms with Gasteiger partial charge in [-0.3, -0.25) is 9.59 Å². The monoisotopic (exact) mass is 212 g/mol. The first-order valence-electron chi connectivity index (χ1n) is 4.14. The van der Waals surface area contributed by atoms with Gasteiger partial charge in [0.1, 0.15) is 5.75 Å². The van der Waals surface area contributed by atoms with Crippen molar-refractivity contribution in [1.82, 2.24) is 0 Å². The van der Waals surface area contributed by atoms with Crippen LogP contribution in [0.15, 0.2) is 30.3 Å². The number of para-hydroxylation sites is 1. The Balaban J connectivity index is 0.000000262. The normalized spacial score (nSPS) is 8.93. The SMILES string of the molecule is CC(C(=O)O)C(=O)O.Oc1ccccc1. The number of carbonyl (C=O) groups is 2. The molecule has 0 saturated carbocycles. The second kappa shape index (κ2) is 6.42. The second-order valence-electron chi connectivity index (χ2n) is 2.73. The zero-order valence-corrected chi connectivity index (χ0v) is 8.12. The number of aliphatic carboxylic acids is 2. The topological polar surface area (TPSA) is 94.8 Å². The van der Waals surface area contributed by atoms with Crippen molar-refractivity contribution in [3.63, 3.8) is 0 Å². The molecule has 0 atom stereocenters. The van der Waals surface area contributed by atoms with Crippen LogP contribution < -0.4 is 0 Å². The van der Waals surface area contributed by atoms with Crippen LogP contribution in [0.2, 0.25) is 0 Å². The summed E-state index contributed by atoms with van der Waals surface area (Å²) in [5.41, 5.74) is 0. The van der Waals surface area contributed by atoms with Gasteiger partial charge in [-0.2, -0.15) is 0 Å². The highest BCUT2D eigenvalue weighted by Gasteiger charge is 2.18. The molecule has 0 spiro atoms. The van der Waals surface area contributed by atoms with Crippen molar-refractivity contribution < 1.29 is 24.9 Å². The largest absolute Gasteiger partial charge is 0.508 e. The lowest BCUT2D eigenvalue weighted by Crippen LogP contribution is -2.19. The van der Waals surface area contributed by atoms with E-state index in [4.69, 9.17) is 15.3 Å². The molecule has 0 saturated heterocycles. The molecule has 3 N–H and O–H groups in total. The Kier molecular flexibility index (Phi) is 5.55. The Bertz CT molecular complexity index is 306. The molecule has 0 aliphatic carbocycles. The average molecular weight is 212 g/mol. The fourth-order valence-corrected chi connectivity index (χ4v) is 0.534. The van der Waals surface area contributed by atoms with Gasteiger partial charge in [0.05, 0.1) is 0 Å². The minimum atomic E-state index is -1.31. The average Bonchev–Trinajstić information content (AvgIpc) is 2.18. The summed E-state index contributed by atoms with van der Waals surface area (Å²) in [4.78, 5) is 19.5. The quantitative estimate of drug-likeness (QED) is 0.640. The molecule has 1 aromatic carbocycles. The second-order valence-corrected chi connectivity index (χ2v) is 2.73. The summed E-state index contributed by atoms with van der Waals surface area (Å²) in [5, 5.41) is 24.6. The highest BCUT2D eigenvalue weighted by molar-refractivity contribution is 5.92. The van der Waals surface area contributed by atoms with Gasteiger partial charge in [-0.05, 0) is 19.1 Å². The zero-order chi connectivity index (χ0) is 11.8. The maximum Gasteiger partial charge on any atom is 0.317 e. The number of phenolic OH excluding ortho intramolecular Hbond substituents is 1. The van der Waals surface area contributed by atoms with Gasteiger partial charge in [0.15, 0.2) is 5.92 Å². The third kappa shape index (κ3) is 6.09. The Labute approximate surface area is 86.6 Å². The van der Waals surface area contributed by atoms with Crippen molar-refractivity contribution in [3.05, 3.63) is 30.3 Å². The molecule has 0 radical (unpaired) electrons. The third-order valence-corrected chi connectivity index (χ3v) is 1.50. The van der Waals surface area contributed by atoms with Crippen LogP contribution in [0, 0.1) is 5.92 Å². The molecule has 0 aromatic heterocycles. The molecule has 82 valence electrons. The maximum absolute atomic E-state index is 9.76. The lowest BCUT2D eigenvalue weighted by molar-refractivity contribution is -0.153. The van der Waals surface area contributed by atoms with E-state index in [1.807, 2.05) is 6.07 Å².